The second-order valence-electron chi connectivity index (χ2n) is 7.05. The van der Waals surface area contributed by atoms with Gasteiger partial charge in [-0.25, -0.2) is 10.9 Å². The van der Waals surface area contributed by atoms with Crippen LogP contribution in [0.25, 0.3) is 0 Å². The molecule has 0 aliphatic rings. The number of nitrogens with one attached hydrogen (secondary N) is 2. The molecule has 0 radical (unpaired) electrons. The van der Waals surface area contributed by atoms with Gasteiger partial charge >= 0.3 is 0 Å². The summed E-state index contributed by atoms with van der Waals surface area (Å²) >= 11 is 0. The summed E-state index contributed by atoms with van der Waals surface area (Å²) in [6.45, 7) is -0.583. The van der Waals surface area contributed by atoms with Gasteiger partial charge in [-0.15, -0.1) is 0 Å². The normalized spacial score (nSPS) is 11.0. The summed E-state index contributed by atoms with van der Waals surface area (Å²) in [5.74, 6) is -0.920. The van der Waals surface area contributed by atoms with Gasteiger partial charge < -0.3 is 14.5 Å². The van der Waals surface area contributed by atoms with Crippen molar-refractivity contribution in [1.29, 1.82) is 0 Å². The third-order valence-electron chi connectivity index (χ3n) is 4.09. The van der Waals surface area contributed by atoms with Gasteiger partial charge in [-0.2, -0.15) is 10.2 Å². The molecule has 2 aromatic carbocycles. The van der Waals surface area contributed by atoms with Crippen molar-refractivity contribution < 1.29 is 14.3 Å². The van der Waals surface area contributed by atoms with E-state index in [1.165, 1.54) is 12.4 Å². The minimum Gasteiger partial charge on any atom is -0.378 e. The molecule has 2 aromatic rings. The quantitative estimate of drug-likeness (QED) is 0.444. The monoisotopic (exact) mass is 424 g/mol. The van der Waals surface area contributed by atoms with Crippen LogP contribution in [0.4, 0.5) is 11.4 Å². The zero-order valence-electron chi connectivity index (χ0n) is 18.2. The Morgan fingerprint density at radius 1 is 0.742 bits per heavy atom. The molecule has 0 saturated carbocycles. The lowest BCUT2D eigenvalue weighted by Gasteiger charge is -2.11. The van der Waals surface area contributed by atoms with E-state index in [1.807, 2.05) is 86.5 Å². The van der Waals surface area contributed by atoms with Gasteiger partial charge in [0.15, 0.2) is 0 Å². The van der Waals surface area contributed by atoms with Crippen molar-refractivity contribution in [2.24, 2.45) is 10.2 Å². The van der Waals surface area contributed by atoms with E-state index < -0.39 is 11.8 Å². The van der Waals surface area contributed by atoms with E-state index in [2.05, 4.69) is 21.1 Å². The van der Waals surface area contributed by atoms with Crippen LogP contribution in [0.1, 0.15) is 11.1 Å². The highest BCUT2D eigenvalue weighted by atomic mass is 16.5. The van der Waals surface area contributed by atoms with Crippen molar-refractivity contribution in [3.8, 4) is 0 Å². The fourth-order valence-corrected chi connectivity index (χ4v) is 2.38. The second-order valence-corrected chi connectivity index (χ2v) is 7.05. The Morgan fingerprint density at radius 3 is 1.42 bits per heavy atom. The lowest BCUT2D eigenvalue weighted by Crippen LogP contribution is -2.28. The first-order valence-corrected chi connectivity index (χ1v) is 9.61. The summed E-state index contributed by atoms with van der Waals surface area (Å²) in [7, 11) is 7.83. The summed E-state index contributed by atoms with van der Waals surface area (Å²) < 4.78 is 5.06. The summed E-state index contributed by atoms with van der Waals surface area (Å²) in [6, 6.07) is 15.4. The molecule has 0 saturated heterocycles. The number of ether oxygens (including phenoxy) is 1. The van der Waals surface area contributed by atoms with Crippen LogP contribution in [-0.4, -0.2) is 65.6 Å². The molecule has 0 aromatic heterocycles. The molecule has 2 amide bonds. The Hall–Kier alpha value is -3.72. The molecule has 9 heteroatoms. The van der Waals surface area contributed by atoms with Crippen LogP contribution in [0.5, 0.6) is 0 Å². The van der Waals surface area contributed by atoms with Gasteiger partial charge in [-0.3, -0.25) is 9.59 Å². The van der Waals surface area contributed by atoms with Crippen LogP contribution < -0.4 is 20.7 Å². The number of hydrogen-bond acceptors (Lipinski definition) is 7. The van der Waals surface area contributed by atoms with E-state index in [1.54, 1.807) is 0 Å². The van der Waals surface area contributed by atoms with E-state index in [9.17, 15) is 9.59 Å². The fourth-order valence-electron chi connectivity index (χ4n) is 2.38. The first-order valence-electron chi connectivity index (χ1n) is 9.61. The summed E-state index contributed by atoms with van der Waals surface area (Å²) in [4.78, 5) is 27.4. The van der Waals surface area contributed by atoms with Crippen molar-refractivity contribution >= 4 is 35.6 Å². The van der Waals surface area contributed by atoms with E-state index in [0.717, 1.165) is 22.5 Å². The van der Waals surface area contributed by atoms with Crippen LogP contribution in [0.15, 0.2) is 58.7 Å². The van der Waals surface area contributed by atoms with Crippen LogP contribution in [0.2, 0.25) is 0 Å². The molecule has 0 aliphatic carbocycles. The first-order chi connectivity index (χ1) is 14.8. The molecule has 164 valence electrons. The number of rotatable bonds is 10. The van der Waals surface area contributed by atoms with Crippen molar-refractivity contribution in [1.82, 2.24) is 10.9 Å². The number of benzene rings is 2. The minimum absolute atomic E-state index is 0.292. The van der Waals surface area contributed by atoms with Crippen molar-refractivity contribution in [3.63, 3.8) is 0 Å². The van der Waals surface area contributed by atoms with Crippen molar-refractivity contribution in [2.75, 3.05) is 51.2 Å². The third-order valence-corrected chi connectivity index (χ3v) is 4.09. The third kappa shape index (κ3) is 8.67. The molecule has 0 spiro atoms. The van der Waals surface area contributed by atoms with E-state index in [0.29, 0.717) is 0 Å². The average molecular weight is 425 g/mol. The van der Waals surface area contributed by atoms with Gasteiger partial charge in [0, 0.05) is 39.6 Å². The van der Waals surface area contributed by atoms with Crippen molar-refractivity contribution in [2.45, 2.75) is 0 Å². The van der Waals surface area contributed by atoms with Gasteiger partial charge in [0.2, 0.25) is 0 Å². The largest absolute Gasteiger partial charge is 0.378 e. The molecule has 0 bridgehead atoms. The molecule has 31 heavy (non-hydrogen) atoms. The number of hydrogen-bond donors (Lipinski definition) is 2. The predicted molar refractivity (Wildman–Crippen MR) is 124 cm³/mol. The summed E-state index contributed by atoms with van der Waals surface area (Å²) in [6.07, 6.45) is 3.06. The summed E-state index contributed by atoms with van der Waals surface area (Å²) in [5.41, 5.74) is 8.53. The molecule has 2 rings (SSSR count). The molecule has 2 N–H and O–H groups in total. The Kier molecular flexibility index (Phi) is 9.18. The number of carbonyl (C=O) groups excluding carboxylic acids is 2. The predicted octanol–water partition coefficient (Wildman–Crippen LogP) is 1.44. The molecular weight excluding hydrogens is 396 g/mol. The van der Waals surface area contributed by atoms with Crippen LogP contribution in [0.3, 0.4) is 0 Å². The number of hydrazone groups is 2. The molecule has 0 unspecified atom stereocenters. The highest BCUT2D eigenvalue weighted by molar-refractivity contribution is 5.84. The second kappa shape index (κ2) is 12.1. The molecule has 0 fully saturated rings. The highest BCUT2D eigenvalue weighted by Gasteiger charge is 2.04. The maximum Gasteiger partial charge on any atom is 0.266 e. The molecular formula is C22H28N6O3. The smallest absolute Gasteiger partial charge is 0.266 e. The van der Waals surface area contributed by atoms with Gasteiger partial charge in [0.25, 0.3) is 11.8 Å². The number of amides is 2. The SMILES string of the molecule is CN(C)c1ccc(C=NNC(=O)COCC(=O)NN=Cc2ccc(N(C)C)cc2)cc1. The van der Waals surface area contributed by atoms with Gasteiger partial charge in [0.1, 0.15) is 13.2 Å². The average Bonchev–Trinajstić information content (AvgIpc) is 2.74. The van der Waals surface area contributed by atoms with E-state index in [-0.39, 0.29) is 13.2 Å². The standard InChI is InChI=1S/C22H28N6O3/c1-27(2)19-9-5-17(6-10-19)13-23-25-21(29)15-31-16-22(30)26-24-14-18-7-11-20(12-8-18)28(3)4/h5-14H,15-16H2,1-4H3,(H,25,29)(H,26,30). The number of carbonyl (C=O) groups is 2. The maximum atomic E-state index is 11.7. The molecule has 9 nitrogen and oxygen atoms in total. The van der Waals surface area contributed by atoms with Crippen molar-refractivity contribution in [3.05, 3.63) is 59.7 Å². The highest BCUT2D eigenvalue weighted by Crippen LogP contribution is 2.11. The Labute approximate surface area is 182 Å². The minimum atomic E-state index is -0.460. The van der Waals surface area contributed by atoms with Gasteiger partial charge in [0.05, 0.1) is 12.4 Å². The maximum absolute atomic E-state index is 11.7. The molecule has 0 heterocycles. The zero-order valence-corrected chi connectivity index (χ0v) is 18.2. The van der Waals surface area contributed by atoms with E-state index >= 15 is 0 Å². The Morgan fingerprint density at radius 2 is 1.10 bits per heavy atom. The number of anilines is 2. The Balaban J connectivity index is 1.64. The lowest BCUT2D eigenvalue weighted by atomic mass is 10.2. The fraction of sp³-hybridized carbons (Fsp3) is 0.273. The van der Waals surface area contributed by atoms with Crippen LogP contribution in [0, 0.1) is 0 Å². The summed E-state index contributed by atoms with van der Waals surface area (Å²) in [5, 5.41) is 7.74. The first kappa shape index (κ1) is 23.6. The van der Waals surface area contributed by atoms with Crippen LogP contribution >= 0.6 is 0 Å². The Bertz CT molecular complexity index is 830. The van der Waals surface area contributed by atoms with Crippen LogP contribution in [-0.2, 0) is 14.3 Å². The number of nitrogens with zero attached hydrogens (tertiary/aromatic N) is 4. The van der Waals surface area contributed by atoms with Gasteiger partial charge in [-0.05, 0) is 35.4 Å². The topological polar surface area (TPSA) is 98.6 Å². The van der Waals surface area contributed by atoms with Gasteiger partial charge in [-0.1, -0.05) is 24.3 Å². The lowest BCUT2D eigenvalue weighted by molar-refractivity contribution is -0.130. The molecule has 0 aliphatic heterocycles. The zero-order chi connectivity index (χ0) is 22.6. The molecule has 0 atom stereocenters. The van der Waals surface area contributed by atoms with E-state index in [4.69, 9.17) is 4.74 Å².